The summed E-state index contributed by atoms with van der Waals surface area (Å²) in [5.74, 6) is 1.20. The van der Waals surface area contributed by atoms with Gasteiger partial charge in [0, 0.05) is 0 Å². The summed E-state index contributed by atoms with van der Waals surface area (Å²) in [4.78, 5) is 4.44. The number of benzene rings is 2. The zero-order chi connectivity index (χ0) is 13.5. The molecule has 4 rings (SSSR count). The first-order valence-corrected chi connectivity index (χ1v) is 6.22. The smallest absolute Gasteiger partial charge is 0.336 e. The predicted molar refractivity (Wildman–Crippen MR) is 79.5 cm³/mol. The minimum Gasteiger partial charge on any atom is -0.708 e. The number of halogens is 1. The van der Waals surface area contributed by atoms with Crippen molar-refractivity contribution >= 4 is 23.3 Å². The van der Waals surface area contributed by atoms with Crippen LogP contribution in [0.2, 0.25) is 0 Å². The molecule has 2 heterocycles. The van der Waals surface area contributed by atoms with E-state index in [0.717, 1.165) is 10.3 Å². The molecule has 0 spiro atoms. The van der Waals surface area contributed by atoms with E-state index in [9.17, 15) is 5.21 Å². The first kappa shape index (κ1) is 13.5. The molecule has 106 valence electrons. The van der Waals surface area contributed by atoms with Crippen LogP contribution in [0.3, 0.4) is 0 Å². The molecule has 6 heteroatoms. The maximum absolute atomic E-state index is 12.5. The number of aromatic nitrogens is 2. The molecule has 0 aliphatic carbocycles. The van der Waals surface area contributed by atoms with Crippen molar-refractivity contribution in [1.29, 1.82) is 0 Å². The van der Waals surface area contributed by atoms with Crippen molar-refractivity contribution in [2.45, 2.75) is 0 Å². The summed E-state index contributed by atoms with van der Waals surface area (Å²) in [5, 5.41) is 13.1. The Morgan fingerprint density at radius 1 is 1.00 bits per heavy atom. The van der Waals surface area contributed by atoms with E-state index >= 15 is 0 Å². The van der Waals surface area contributed by atoms with Crippen molar-refractivity contribution < 1.29 is 14.2 Å². The van der Waals surface area contributed by atoms with Crippen LogP contribution in [0.25, 0.3) is 22.3 Å². The third-order valence-electron chi connectivity index (χ3n) is 3.26. The summed E-state index contributed by atoms with van der Waals surface area (Å²) in [7, 11) is 0. The molecule has 3 aromatic rings. The Morgan fingerprint density at radius 3 is 2.62 bits per heavy atom. The van der Waals surface area contributed by atoms with Crippen LogP contribution in [-0.2, 0) is 0 Å². The molecule has 0 saturated heterocycles. The number of hydrogen-bond donors (Lipinski definition) is 0. The SMILES string of the molecule is Cl.[O-][n+]1c(-c2ccccc2)nc2cccc3c2c1OCO3. The topological polar surface area (TPSA) is 58.3 Å². The highest BCUT2D eigenvalue weighted by molar-refractivity contribution is 5.90. The number of rotatable bonds is 1. The second-order valence-corrected chi connectivity index (χ2v) is 4.46. The Bertz CT molecular complexity index is 809. The molecule has 0 fully saturated rings. The lowest BCUT2D eigenvalue weighted by Crippen LogP contribution is -2.35. The molecular formula is C15H11ClN2O3. The van der Waals surface area contributed by atoms with E-state index in [1.54, 1.807) is 6.07 Å². The van der Waals surface area contributed by atoms with E-state index in [1.807, 2.05) is 42.5 Å². The molecule has 1 aliphatic heterocycles. The normalized spacial score (nSPS) is 12.2. The predicted octanol–water partition coefficient (Wildman–Crippen LogP) is 2.69. The van der Waals surface area contributed by atoms with Crippen molar-refractivity contribution in [2.24, 2.45) is 0 Å². The molecule has 1 aliphatic rings. The first-order chi connectivity index (χ1) is 9.84. The van der Waals surface area contributed by atoms with Crippen LogP contribution in [0.15, 0.2) is 48.5 Å². The molecule has 0 radical (unpaired) electrons. The summed E-state index contributed by atoms with van der Waals surface area (Å²) < 4.78 is 11.5. The highest BCUT2D eigenvalue weighted by atomic mass is 35.5. The molecule has 0 bridgehead atoms. The fourth-order valence-electron chi connectivity index (χ4n) is 2.35. The summed E-state index contributed by atoms with van der Waals surface area (Å²) in [6.45, 7) is 0.0343. The van der Waals surface area contributed by atoms with E-state index in [2.05, 4.69) is 4.98 Å². The van der Waals surface area contributed by atoms with Gasteiger partial charge in [-0.05, 0) is 29.2 Å². The van der Waals surface area contributed by atoms with E-state index in [4.69, 9.17) is 9.47 Å². The third-order valence-corrected chi connectivity index (χ3v) is 3.26. The Balaban J connectivity index is 0.00000132. The van der Waals surface area contributed by atoms with Gasteiger partial charge in [-0.1, -0.05) is 24.3 Å². The average Bonchev–Trinajstić information content (AvgIpc) is 2.52. The van der Waals surface area contributed by atoms with Crippen LogP contribution in [0.1, 0.15) is 0 Å². The Morgan fingerprint density at radius 2 is 1.81 bits per heavy atom. The van der Waals surface area contributed by atoms with E-state index in [1.165, 1.54) is 0 Å². The summed E-state index contributed by atoms with van der Waals surface area (Å²) in [6, 6.07) is 14.8. The van der Waals surface area contributed by atoms with Crippen molar-refractivity contribution in [1.82, 2.24) is 4.98 Å². The van der Waals surface area contributed by atoms with Crippen LogP contribution in [0, 0.1) is 5.21 Å². The van der Waals surface area contributed by atoms with Crippen LogP contribution in [0.5, 0.6) is 11.6 Å². The molecule has 0 saturated carbocycles. The first-order valence-electron chi connectivity index (χ1n) is 6.22. The van der Waals surface area contributed by atoms with Crippen molar-refractivity contribution in [2.75, 3.05) is 6.79 Å². The minimum atomic E-state index is 0. The summed E-state index contributed by atoms with van der Waals surface area (Å²) >= 11 is 0. The van der Waals surface area contributed by atoms with Gasteiger partial charge in [0.1, 0.15) is 5.75 Å². The van der Waals surface area contributed by atoms with Crippen LogP contribution in [0.4, 0.5) is 0 Å². The van der Waals surface area contributed by atoms with Crippen LogP contribution < -0.4 is 14.2 Å². The van der Waals surface area contributed by atoms with Gasteiger partial charge in [0.2, 0.25) is 6.79 Å². The largest absolute Gasteiger partial charge is 0.708 e. The van der Waals surface area contributed by atoms with Crippen molar-refractivity contribution in [3.8, 4) is 23.0 Å². The highest BCUT2D eigenvalue weighted by Crippen LogP contribution is 2.34. The second kappa shape index (κ2) is 5.10. The molecule has 0 N–H and O–H groups in total. The minimum absolute atomic E-state index is 0. The Labute approximate surface area is 126 Å². The standard InChI is InChI=1S/C15H10N2O3.ClH/c18-17-14(10-5-2-1-3-6-10)16-11-7-4-8-12-13(11)15(17)20-9-19-12;/h1-8H,9H2;1H. The molecule has 5 nitrogen and oxygen atoms in total. The van der Waals surface area contributed by atoms with Gasteiger partial charge in [0.25, 0.3) is 0 Å². The Kier molecular flexibility index (Phi) is 3.27. The maximum atomic E-state index is 12.5. The monoisotopic (exact) mass is 302 g/mol. The molecular weight excluding hydrogens is 292 g/mol. The number of ether oxygens (including phenoxy) is 2. The number of hydrogen-bond acceptors (Lipinski definition) is 4. The van der Waals surface area contributed by atoms with Crippen molar-refractivity contribution in [3.05, 3.63) is 53.7 Å². The summed E-state index contributed by atoms with van der Waals surface area (Å²) in [6.07, 6.45) is 0. The van der Waals surface area contributed by atoms with Gasteiger partial charge in [-0.2, -0.15) is 4.73 Å². The number of nitrogens with zero attached hydrogens (tertiary/aromatic N) is 2. The average molecular weight is 303 g/mol. The van der Waals surface area contributed by atoms with Crippen molar-refractivity contribution in [3.63, 3.8) is 0 Å². The van der Waals surface area contributed by atoms with Gasteiger partial charge in [0.15, 0.2) is 10.9 Å². The van der Waals surface area contributed by atoms with Gasteiger partial charge in [-0.25, -0.2) is 0 Å². The molecule has 2 aromatic carbocycles. The molecule has 0 unspecified atom stereocenters. The molecule has 1 aromatic heterocycles. The van der Waals surface area contributed by atoms with E-state index in [0.29, 0.717) is 22.5 Å². The van der Waals surface area contributed by atoms with E-state index in [-0.39, 0.29) is 25.1 Å². The van der Waals surface area contributed by atoms with Gasteiger partial charge >= 0.3 is 11.7 Å². The molecule has 0 amide bonds. The maximum Gasteiger partial charge on any atom is 0.336 e. The lowest BCUT2D eigenvalue weighted by molar-refractivity contribution is -0.603. The quantitative estimate of drug-likeness (QED) is 0.512. The lowest BCUT2D eigenvalue weighted by Gasteiger charge is -2.20. The van der Waals surface area contributed by atoms with Crippen LogP contribution >= 0.6 is 12.4 Å². The van der Waals surface area contributed by atoms with Gasteiger partial charge in [-0.3, -0.25) is 0 Å². The third kappa shape index (κ3) is 2.02. The fraction of sp³-hybridized carbons (Fsp3) is 0.0667. The second-order valence-electron chi connectivity index (χ2n) is 4.46. The zero-order valence-corrected chi connectivity index (χ0v) is 11.7. The van der Waals surface area contributed by atoms with Gasteiger partial charge < -0.3 is 14.7 Å². The summed E-state index contributed by atoms with van der Waals surface area (Å²) in [5.41, 5.74) is 1.43. The van der Waals surface area contributed by atoms with Gasteiger partial charge in [-0.15, -0.1) is 12.4 Å². The van der Waals surface area contributed by atoms with Gasteiger partial charge in [0.05, 0.1) is 5.56 Å². The zero-order valence-electron chi connectivity index (χ0n) is 10.9. The Hall–Kier alpha value is -2.53. The molecule has 21 heavy (non-hydrogen) atoms. The fourth-order valence-corrected chi connectivity index (χ4v) is 2.35. The van der Waals surface area contributed by atoms with E-state index < -0.39 is 0 Å². The van der Waals surface area contributed by atoms with Crippen LogP contribution in [-0.4, -0.2) is 11.8 Å². The highest BCUT2D eigenvalue weighted by Gasteiger charge is 2.26. The lowest BCUT2D eigenvalue weighted by atomic mass is 10.1. The molecule has 0 atom stereocenters.